The van der Waals surface area contributed by atoms with Crippen LogP contribution in [0.25, 0.3) is 0 Å². The largest absolute Gasteiger partial charge is 0.416 e. The lowest BCUT2D eigenvalue weighted by Crippen LogP contribution is -2.33. The van der Waals surface area contributed by atoms with Gasteiger partial charge in [0.05, 0.1) is 5.56 Å². The maximum absolute atomic E-state index is 12.7. The van der Waals surface area contributed by atoms with Crippen molar-refractivity contribution in [3.8, 4) is 0 Å². The third-order valence-electron chi connectivity index (χ3n) is 3.29. The maximum atomic E-state index is 12.7. The van der Waals surface area contributed by atoms with Gasteiger partial charge in [-0.1, -0.05) is 0 Å². The minimum Gasteiger partial charge on any atom is -0.336 e. The van der Waals surface area contributed by atoms with E-state index in [4.69, 9.17) is 0 Å². The SMILES string of the molecule is CC1CCCN1C(=O)c1cc(I)cc(C(F)(F)F)c1. The van der Waals surface area contributed by atoms with E-state index in [1.807, 2.05) is 6.92 Å². The Morgan fingerprint density at radius 1 is 1.37 bits per heavy atom. The molecule has 1 aliphatic rings. The second-order valence-electron chi connectivity index (χ2n) is 4.72. The van der Waals surface area contributed by atoms with Gasteiger partial charge in [-0.2, -0.15) is 13.2 Å². The third kappa shape index (κ3) is 3.21. The van der Waals surface area contributed by atoms with Gasteiger partial charge in [0.25, 0.3) is 5.91 Å². The number of rotatable bonds is 1. The van der Waals surface area contributed by atoms with Gasteiger partial charge in [0.1, 0.15) is 0 Å². The lowest BCUT2D eigenvalue weighted by molar-refractivity contribution is -0.137. The van der Waals surface area contributed by atoms with Gasteiger partial charge in [0, 0.05) is 21.7 Å². The zero-order chi connectivity index (χ0) is 14.2. The number of carbonyl (C=O) groups is 1. The van der Waals surface area contributed by atoms with Crippen LogP contribution in [0.1, 0.15) is 35.7 Å². The minimum atomic E-state index is -4.42. The fraction of sp³-hybridized carbons (Fsp3) is 0.462. The Morgan fingerprint density at radius 3 is 2.58 bits per heavy atom. The van der Waals surface area contributed by atoms with Gasteiger partial charge >= 0.3 is 6.18 Å². The monoisotopic (exact) mass is 383 g/mol. The summed E-state index contributed by atoms with van der Waals surface area (Å²) in [6.07, 6.45) is -2.61. The molecule has 1 aromatic carbocycles. The van der Waals surface area contributed by atoms with E-state index in [1.165, 1.54) is 6.07 Å². The molecule has 2 nitrogen and oxygen atoms in total. The number of hydrogen-bond donors (Lipinski definition) is 0. The van der Waals surface area contributed by atoms with Crippen molar-refractivity contribution in [1.82, 2.24) is 4.90 Å². The maximum Gasteiger partial charge on any atom is 0.416 e. The highest BCUT2D eigenvalue weighted by molar-refractivity contribution is 14.1. The summed E-state index contributed by atoms with van der Waals surface area (Å²) < 4.78 is 38.6. The molecule has 0 spiro atoms. The van der Waals surface area contributed by atoms with E-state index < -0.39 is 11.7 Å². The van der Waals surface area contributed by atoms with E-state index in [1.54, 1.807) is 27.5 Å². The zero-order valence-electron chi connectivity index (χ0n) is 10.3. The number of benzene rings is 1. The molecular formula is C13H13F3INO. The first-order valence-electron chi connectivity index (χ1n) is 5.98. The normalized spacial score (nSPS) is 19.8. The van der Waals surface area contributed by atoms with E-state index >= 15 is 0 Å². The van der Waals surface area contributed by atoms with Crippen molar-refractivity contribution in [2.45, 2.75) is 32.0 Å². The van der Waals surface area contributed by atoms with Crippen LogP contribution in [0.3, 0.4) is 0 Å². The summed E-state index contributed by atoms with van der Waals surface area (Å²) in [4.78, 5) is 13.9. The third-order valence-corrected chi connectivity index (χ3v) is 3.91. The molecule has 1 heterocycles. The number of carbonyl (C=O) groups excluding carboxylic acids is 1. The Balaban J connectivity index is 2.34. The summed E-state index contributed by atoms with van der Waals surface area (Å²) in [5.74, 6) is -0.311. The van der Waals surface area contributed by atoms with Crippen molar-refractivity contribution in [3.63, 3.8) is 0 Å². The van der Waals surface area contributed by atoms with Crippen molar-refractivity contribution in [1.29, 1.82) is 0 Å². The van der Waals surface area contributed by atoms with Gasteiger partial charge < -0.3 is 4.90 Å². The summed E-state index contributed by atoms with van der Waals surface area (Å²) in [5.41, 5.74) is -0.650. The predicted molar refractivity (Wildman–Crippen MR) is 73.9 cm³/mol. The molecule has 104 valence electrons. The average molecular weight is 383 g/mol. The number of halogens is 4. The van der Waals surface area contributed by atoms with Gasteiger partial charge in [0.15, 0.2) is 0 Å². The summed E-state index contributed by atoms with van der Waals surface area (Å²) in [7, 11) is 0. The lowest BCUT2D eigenvalue weighted by atomic mass is 10.1. The average Bonchev–Trinajstić information content (AvgIpc) is 2.72. The topological polar surface area (TPSA) is 20.3 Å². The number of amides is 1. The van der Waals surface area contributed by atoms with Gasteiger partial charge in [-0.3, -0.25) is 4.79 Å². The highest BCUT2D eigenvalue weighted by atomic mass is 127. The fourth-order valence-corrected chi connectivity index (χ4v) is 2.95. The molecule has 1 atom stereocenters. The van der Waals surface area contributed by atoms with E-state index in [0.29, 0.717) is 10.1 Å². The Morgan fingerprint density at radius 2 is 2.05 bits per heavy atom. The summed E-state index contributed by atoms with van der Waals surface area (Å²) in [5, 5.41) is 0. The van der Waals surface area contributed by atoms with Crippen molar-refractivity contribution in [2.75, 3.05) is 6.54 Å². The highest BCUT2D eigenvalue weighted by Gasteiger charge is 2.33. The molecule has 0 aliphatic carbocycles. The van der Waals surface area contributed by atoms with Crippen LogP contribution in [0, 0.1) is 3.57 Å². The molecule has 0 bridgehead atoms. The molecule has 0 N–H and O–H groups in total. The second kappa shape index (κ2) is 5.30. The molecule has 6 heteroatoms. The smallest absolute Gasteiger partial charge is 0.336 e. The van der Waals surface area contributed by atoms with Gasteiger partial charge in [-0.25, -0.2) is 0 Å². The Hall–Kier alpha value is -0.790. The van der Waals surface area contributed by atoms with Gasteiger partial charge in [0.2, 0.25) is 0 Å². The van der Waals surface area contributed by atoms with Crippen molar-refractivity contribution < 1.29 is 18.0 Å². The number of nitrogens with zero attached hydrogens (tertiary/aromatic N) is 1. The lowest BCUT2D eigenvalue weighted by Gasteiger charge is -2.22. The van der Waals surface area contributed by atoms with Crippen LogP contribution in [0.4, 0.5) is 13.2 Å². The van der Waals surface area contributed by atoms with Crippen molar-refractivity contribution >= 4 is 28.5 Å². The van der Waals surface area contributed by atoms with Crippen LogP contribution in [0.15, 0.2) is 18.2 Å². The number of hydrogen-bond acceptors (Lipinski definition) is 1. The Bertz CT molecular complexity index is 501. The van der Waals surface area contributed by atoms with Gasteiger partial charge in [-0.05, 0) is 60.6 Å². The molecule has 0 aromatic heterocycles. The molecule has 1 saturated heterocycles. The molecular weight excluding hydrogens is 370 g/mol. The molecule has 1 aromatic rings. The fourth-order valence-electron chi connectivity index (χ4n) is 2.28. The Labute approximate surface area is 123 Å². The molecule has 0 radical (unpaired) electrons. The molecule has 1 amide bonds. The van der Waals surface area contributed by atoms with Crippen LogP contribution < -0.4 is 0 Å². The van der Waals surface area contributed by atoms with Crippen LogP contribution in [0.2, 0.25) is 0 Å². The first-order valence-corrected chi connectivity index (χ1v) is 7.05. The van der Waals surface area contributed by atoms with Crippen molar-refractivity contribution in [2.24, 2.45) is 0 Å². The summed E-state index contributed by atoms with van der Waals surface area (Å²) in [6, 6.07) is 3.59. The second-order valence-corrected chi connectivity index (χ2v) is 5.96. The molecule has 0 saturated carbocycles. The zero-order valence-corrected chi connectivity index (χ0v) is 12.5. The van der Waals surface area contributed by atoms with Crippen LogP contribution in [-0.4, -0.2) is 23.4 Å². The van der Waals surface area contributed by atoms with E-state index in [9.17, 15) is 18.0 Å². The quantitative estimate of drug-likeness (QED) is 0.673. The Kier molecular flexibility index (Phi) is 4.08. The molecule has 1 fully saturated rings. The van der Waals surface area contributed by atoms with Crippen LogP contribution in [0.5, 0.6) is 0 Å². The molecule has 1 unspecified atom stereocenters. The van der Waals surface area contributed by atoms with E-state index in [2.05, 4.69) is 0 Å². The summed E-state index contributed by atoms with van der Waals surface area (Å²) >= 11 is 1.80. The van der Waals surface area contributed by atoms with Crippen LogP contribution >= 0.6 is 22.6 Å². The van der Waals surface area contributed by atoms with Crippen molar-refractivity contribution in [3.05, 3.63) is 32.9 Å². The summed E-state index contributed by atoms with van der Waals surface area (Å²) in [6.45, 7) is 2.54. The van der Waals surface area contributed by atoms with E-state index in [0.717, 1.165) is 25.0 Å². The minimum absolute atomic E-state index is 0.0969. The van der Waals surface area contributed by atoms with Gasteiger partial charge in [-0.15, -0.1) is 0 Å². The highest BCUT2D eigenvalue weighted by Crippen LogP contribution is 2.32. The molecule has 19 heavy (non-hydrogen) atoms. The molecule has 2 rings (SSSR count). The van der Waals surface area contributed by atoms with Crippen LogP contribution in [-0.2, 0) is 6.18 Å². The van der Waals surface area contributed by atoms with E-state index in [-0.39, 0.29) is 17.5 Å². The predicted octanol–water partition coefficient (Wildman–Crippen LogP) is 3.93. The first kappa shape index (κ1) is 14.6. The number of likely N-dealkylation sites (tertiary alicyclic amines) is 1. The first-order chi connectivity index (χ1) is 8.79. The standard InChI is InChI=1S/C13H13F3INO/c1-8-3-2-4-18(8)12(19)9-5-10(13(14,15)16)7-11(17)6-9/h5-8H,2-4H2,1H3. The molecule has 1 aliphatic heterocycles. The number of alkyl halides is 3.